The summed E-state index contributed by atoms with van der Waals surface area (Å²) in [6.45, 7) is 3.14. The van der Waals surface area contributed by atoms with Crippen molar-refractivity contribution in [1.29, 1.82) is 0 Å². The third-order valence-corrected chi connectivity index (χ3v) is 4.33. The summed E-state index contributed by atoms with van der Waals surface area (Å²) in [5.41, 5.74) is 7.66. The van der Waals surface area contributed by atoms with Crippen LogP contribution in [0.15, 0.2) is 12.3 Å². The van der Waals surface area contributed by atoms with Gasteiger partial charge in [0, 0.05) is 6.54 Å². The summed E-state index contributed by atoms with van der Waals surface area (Å²) < 4.78 is 5.82. The molecule has 108 valence electrons. The highest BCUT2D eigenvalue weighted by atomic mass is 16.5. The van der Waals surface area contributed by atoms with E-state index in [4.69, 9.17) is 10.5 Å². The largest absolute Gasteiger partial charge is 0.397 e. The summed E-state index contributed by atoms with van der Waals surface area (Å²) >= 11 is 0. The molecule has 0 spiro atoms. The van der Waals surface area contributed by atoms with Crippen molar-refractivity contribution in [2.75, 3.05) is 18.9 Å². The van der Waals surface area contributed by atoms with Crippen molar-refractivity contribution < 1.29 is 9.53 Å². The van der Waals surface area contributed by atoms with E-state index in [2.05, 4.69) is 4.98 Å². The van der Waals surface area contributed by atoms with Gasteiger partial charge in [-0.1, -0.05) is 12.8 Å². The highest BCUT2D eigenvalue weighted by molar-refractivity contribution is 5.96. The number of anilines is 1. The van der Waals surface area contributed by atoms with Crippen LogP contribution in [0, 0.1) is 6.92 Å². The Bertz CT molecular complexity index is 516. The second-order valence-corrected chi connectivity index (χ2v) is 5.66. The van der Waals surface area contributed by atoms with Crippen LogP contribution in [0.1, 0.15) is 41.7 Å². The zero-order valence-corrected chi connectivity index (χ0v) is 11.8. The average molecular weight is 275 g/mol. The molecule has 1 saturated carbocycles. The van der Waals surface area contributed by atoms with E-state index >= 15 is 0 Å². The first-order valence-corrected chi connectivity index (χ1v) is 7.31. The lowest BCUT2D eigenvalue weighted by Gasteiger charge is -2.43. The molecule has 1 aromatic rings. The Balaban J connectivity index is 1.87. The smallest absolute Gasteiger partial charge is 0.256 e. The molecule has 1 aliphatic carbocycles. The summed E-state index contributed by atoms with van der Waals surface area (Å²) in [6, 6.07) is 1.95. The highest BCUT2D eigenvalue weighted by Gasteiger charge is 2.37. The summed E-state index contributed by atoms with van der Waals surface area (Å²) in [6.07, 6.45) is 6.25. The number of nitrogen functional groups attached to an aromatic ring is 1. The molecule has 1 saturated heterocycles. The summed E-state index contributed by atoms with van der Waals surface area (Å²) in [5, 5.41) is 0. The molecule has 3 rings (SSSR count). The molecule has 2 heterocycles. The van der Waals surface area contributed by atoms with E-state index in [1.165, 1.54) is 12.8 Å². The number of pyridine rings is 1. The number of morpholine rings is 1. The van der Waals surface area contributed by atoms with E-state index in [0.29, 0.717) is 24.4 Å². The van der Waals surface area contributed by atoms with Crippen LogP contribution in [-0.2, 0) is 4.74 Å². The number of nitrogens with zero attached hydrogens (tertiary/aromatic N) is 2. The molecular formula is C15H21N3O2. The van der Waals surface area contributed by atoms with Crippen LogP contribution < -0.4 is 5.73 Å². The Morgan fingerprint density at radius 2 is 2.25 bits per heavy atom. The number of aromatic nitrogens is 1. The Morgan fingerprint density at radius 3 is 3.10 bits per heavy atom. The molecule has 0 radical (unpaired) electrons. The Labute approximate surface area is 119 Å². The van der Waals surface area contributed by atoms with Gasteiger partial charge in [-0.05, 0) is 25.8 Å². The van der Waals surface area contributed by atoms with Crippen molar-refractivity contribution in [2.24, 2.45) is 0 Å². The molecule has 0 aromatic carbocycles. The maximum atomic E-state index is 12.8. The van der Waals surface area contributed by atoms with Gasteiger partial charge in [0.15, 0.2) is 0 Å². The monoisotopic (exact) mass is 275 g/mol. The Hall–Kier alpha value is -1.62. The highest BCUT2D eigenvalue weighted by Crippen LogP contribution is 2.29. The molecule has 5 heteroatoms. The van der Waals surface area contributed by atoms with Gasteiger partial charge in [-0.2, -0.15) is 0 Å². The standard InChI is InChI=1S/C15H21N3O2/c1-10-12(8-11(16)9-17-10)15(19)18-6-7-20-14-5-3-2-4-13(14)18/h8-9,13-14H,2-7,16H2,1H3. The fourth-order valence-corrected chi connectivity index (χ4v) is 3.27. The lowest BCUT2D eigenvalue weighted by molar-refractivity contribution is -0.0753. The molecule has 1 amide bonds. The van der Waals surface area contributed by atoms with Crippen molar-refractivity contribution in [3.05, 3.63) is 23.5 Å². The first-order valence-electron chi connectivity index (χ1n) is 7.31. The molecular weight excluding hydrogens is 254 g/mol. The molecule has 5 nitrogen and oxygen atoms in total. The van der Waals surface area contributed by atoms with Crippen LogP contribution in [0.5, 0.6) is 0 Å². The number of aryl methyl sites for hydroxylation is 1. The predicted octanol–water partition coefficient (Wildman–Crippen LogP) is 1.76. The first-order chi connectivity index (χ1) is 9.66. The van der Waals surface area contributed by atoms with Crippen LogP contribution in [0.25, 0.3) is 0 Å². The number of fused-ring (bicyclic) bond motifs is 1. The number of hydrogen-bond donors (Lipinski definition) is 1. The van der Waals surface area contributed by atoms with Crippen molar-refractivity contribution in [3.63, 3.8) is 0 Å². The molecule has 1 aromatic heterocycles. The van der Waals surface area contributed by atoms with E-state index in [1.807, 2.05) is 11.8 Å². The molecule has 2 N–H and O–H groups in total. The van der Waals surface area contributed by atoms with Crippen LogP contribution in [-0.4, -0.2) is 41.1 Å². The van der Waals surface area contributed by atoms with Crippen molar-refractivity contribution in [3.8, 4) is 0 Å². The van der Waals surface area contributed by atoms with Gasteiger partial charge in [0.25, 0.3) is 5.91 Å². The zero-order chi connectivity index (χ0) is 14.1. The number of carbonyl (C=O) groups excluding carboxylic acids is 1. The number of rotatable bonds is 1. The molecule has 2 unspecified atom stereocenters. The number of nitrogens with two attached hydrogens (primary N) is 1. The summed E-state index contributed by atoms with van der Waals surface area (Å²) in [7, 11) is 0. The summed E-state index contributed by atoms with van der Waals surface area (Å²) in [5.74, 6) is 0.0440. The van der Waals surface area contributed by atoms with Crippen LogP contribution in [0.3, 0.4) is 0 Å². The molecule has 2 aliphatic rings. The number of hydrogen-bond acceptors (Lipinski definition) is 4. The minimum atomic E-state index is 0.0440. The van der Waals surface area contributed by atoms with Gasteiger partial charge in [0.1, 0.15) is 0 Å². The number of carbonyl (C=O) groups is 1. The third-order valence-electron chi connectivity index (χ3n) is 4.33. The quantitative estimate of drug-likeness (QED) is 0.848. The molecule has 0 bridgehead atoms. The van der Waals surface area contributed by atoms with E-state index in [9.17, 15) is 4.79 Å². The normalized spacial score (nSPS) is 26.1. The van der Waals surface area contributed by atoms with Crippen molar-refractivity contribution in [1.82, 2.24) is 9.88 Å². The van der Waals surface area contributed by atoms with Gasteiger partial charge in [-0.25, -0.2) is 0 Å². The van der Waals surface area contributed by atoms with Crippen molar-refractivity contribution >= 4 is 11.6 Å². The minimum Gasteiger partial charge on any atom is -0.397 e. The van der Waals surface area contributed by atoms with Gasteiger partial charge in [-0.3, -0.25) is 9.78 Å². The minimum absolute atomic E-state index is 0.0440. The Kier molecular flexibility index (Phi) is 3.61. The molecule has 2 fully saturated rings. The van der Waals surface area contributed by atoms with Crippen LogP contribution >= 0.6 is 0 Å². The average Bonchev–Trinajstić information content (AvgIpc) is 2.48. The van der Waals surface area contributed by atoms with E-state index in [1.54, 1.807) is 12.3 Å². The second kappa shape index (κ2) is 5.40. The van der Waals surface area contributed by atoms with Gasteiger partial charge < -0.3 is 15.4 Å². The van der Waals surface area contributed by atoms with Crippen molar-refractivity contribution in [2.45, 2.75) is 44.8 Å². The third kappa shape index (κ3) is 2.38. The predicted molar refractivity (Wildman–Crippen MR) is 76.4 cm³/mol. The lowest BCUT2D eigenvalue weighted by Crippen LogP contribution is -2.54. The SMILES string of the molecule is Cc1ncc(N)cc1C(=O)N1CCOC2CCCCC21. The van der Waals surface area contributed by atoms with Gasteiger partial charge in [0.2, 0.25) is 0 Å². The number of ether oxygens (including phenoxy) is 1. The Morgan fingerprint density at radius 1 is 1.45 bits per heavy atom. The van der Waals surface area contributed by atoms with Gasteiger partial charge >= 0.3 is 0 Å². The first kappa shape index (κ1) is 13.4. The maximum Gasteiger partial charge on any atom is 0.256 e. The zero-order valence-electron chi connectivity index (χ0n) is 11.8. The van der Waals surface area contributed by atoms with Crippen LogP contribution in [0.4, 0.5) is 5.69 Å². The second-order valence-electron chi connectivity index (χ2n) is 5.66. The van der Waals surface area contributed by atoms with E-state index in [0.717, 1.165) is 18.5 Å². The number of amides is 1. The maximum absolute atomic E-state index is 12.8. The molecule has 1 aliphatic heterocycles. The topological polar surface area (TPSA) is 68.5 Å². The fraction of sp³-hybridized carbons (Fsp3) is 0.600. The lowest BCUT2D eigenvalue weighted by atomic mass is 9.89. The van der Waals surface area contributed by atoms with Gasteiger partial charge in [-0.15, -0.1) is 0 Å². The van der Waals surface area contributed by atoms with Crippen LogP contribution in [0.2, 0.25) is 0 Å². The summed E-state index contributed by atoms with van der Waals surface area (Å²) in [4.78, 5) is 19.0. The van der Waals surface area contributed by atoms with E-state index < -0.39 is 0 Å². The van der Waals surface area contributed by atoms with Gasteiger partial charge in [0.05, 0.1) is 41.9 Å². The van der Waals surface area contributed by atoms with E-state index in [-0.39, 0.29) is 18.1 Å². The fourth-order valence-electron chi connectivity index (χ4n) is 3.27. The molecule has 20 heavy (non-hydrogen) atoms. The molecule has 2 atom stereocenters.